The first-order chi connectivity index (χ1) is 10.5. The minimum Gasteiger partial charge on any atom is -0.381 e. The highest BCUT2D eigenvalue weighted by Gasteiger charge is 2.38. The average molecular weight is 339 g/mol. The molecule has 1 aromatic heterocycles. The highest BCUT2D eigenvalue weighted by molar-refractivity contribution is 6.35. The van der Waals surface area contributed by atoms with Gasteiger partial charge in [-0.15, -0.1) is 6.58 Å². The van der Waals surface area contributed by atoms with Crippen LogP contribution in [-0.4, -0.2) is 21.7 Å². The van der Waals surface area contributed by atoms with Crippen molar-refractivity contribution in [1.82, 2.24) is 9.97 Å². The molecule has 2 unspecified atom stereocenters. The second kappa shape index (κ2) is 7.20. The molecule has 1 aromatic carbocycles. The number of aromatic nitrogens is 2. The highest BCUT2D eigenvalue weighted by Crippen LogP contribution is 2.40. The van der Waals surface area contributed by atoms with Crippen molar-refractivity contribution < 1.29 is 9.84 Å². The van der Waals surface area contributed by atoms with Crippen LogP contribution in [0.25, 0.3) is 0 Å². The summed E-state index contributed by atoms with van der Waals surface area (Å²) in [5.74, 6) is 0. The van der Waals surface area contributed by atoms with E-state index in [9.17, 15) is 5.11 Å². The normalized spacial score (nSPS) is 15.1. The summed E-state index contributed by atoms with van der Waals surface area (Å²) in [5.41, 5.74) is -0.423. The van der Waals surface area contributed by atoms with Crippen LogP contribution >= 0.6 is 23.2 Å². The first-order valence-electron chi connectivity index (χ1n) is 6.63. The fourth-order valence-electron chi connectivity index (χ4n) is 2.13. The summed E-state index contributed by atoms with van der Waals surface area (Å²) in [6.45, 7) is 5.49. The Morgan fingerprint density at radius 1 is 1.41 bits per heavy atom. The number of halogens is 2. The van der Waals surface area contributed by atoms with Crippen LogP contribution in [0, 0.1) is 0 Å². The number of aliphatic hydroxyl groups is 1. The molecule has 0 fully saturated rings. The molecular formula is C16H16Cl2N2O2. The van der Waals surface area contributed by atoms with Crippen molar-refractivity contribution in [2.24, 2.45) is 0 Å². The van der Waals surface area contributed by atoms with Gasteiger partial charge in [0.05, 0.1) is 18.5 Å². The van der Waals surface area contributed by atoms with E-state index in [2.05, 4.69) is 16.5 Å². The van der Waals surface area contributed by atoms with Gasteiger partial charge in [0.25, 0.3) is 0 Å². The quantitative estimate of drug-likeness (QED) is 0.810. The summed E-state index contributed by atoms with van der Waals surface area (Å²) in [6.07, 6.45) is 5.40. The number of hydrogen-bond acceptors (Lipinski definition) is 4. The van der Waals surface area contributed by atoms with Crippen molar-refractivity contribution in [2.75, 3.05) is 6.61 Å². The van der Waals surface area contributed by atoms with E-state index in [0.717, 1.165) is 0 Å². The Morgan fingerprint density at radius 2 is 2.18 bits per heavy atom. The van der Waals surface area contributed by atoms with Gasteiger partial charge in [0, 0.05) is 28.0 Å². The largest absolute Gasteiger partial charge is 0.381 e. The van der Waals surface area contributed by atoms with Gasteiger partial charge in [0.15, 0.2) is 0 Å². The maximum atomic E-state index is 11.0. The molecule has 22 heavy (non-hydrogen) atoms. The van der Waals surface area contributed by atoms with Gasteiger partial charge < -0.3 is 9.84 Å². The molecule has 0 bridgehead atoms. The molecule has 2 aromatic rings. The molecule has 1 heterocycles. The molecule has 6 heteroatoms. The van der Waals surface area contributed by atoms with Crippen molar-refractivity contribution in [3.05, 3.63) is 70.7 Å². The van der Waals surface area contributed by atoms with E-state index in [0.29, 0.717) is 21.3 Å². The van der Waals surface area contributed by atoms with E-state index in [1.807, 2.05) is 0 Å². The Bertz CT molecular complexity index is 648. The van der Waals surface area contributed by atoms with Crippen LogP contribution in [-0.2, 0) is 10.3 Å². The van der Waals surface area contributed by atoms with Crippen LogP contribution < -0.4 is 0 Å². The van der Waals surface area contributed by atoms with Crippen LogP contribution in [0.15, 0.2) is 49.4 Å². The van der Waals surface area contributed by atoms with E-state index in [1.165, 1.54) is 18.6 Å². The molecule has 0 saturated heterocycles. The van der Waals surface area contributed by atoms with Crippen LogP contribution in [0.1, 0.15) is 24.3 Å². The summed E-state index contributed by atoms with van der Waals surface area (Å²) in [7, 11) is 0. The smallest absolute Gasteiger partial charge is 0.135 e. The van der Waals surface area contributed by atoms with Gasteiger partial charge in [0.1, 0.15) is 11.7 Å². The number of nitrogens with zero attached hydrogens (tertiary/aromatic N) is 2. The zero-order valence-corrected chi connectivity index (χ0v) is 13.6. The van der Waals surface area contributed by atoms with Gasteiger partial charge in [-0.05, 0) is 19.1 Å². The van der Waals surface area contributed by atoms with Gasteiger partial charge in [-0.1, -0.05) is 35.3 Å². The third kappa shape index (κ3) is 3.65. The molecule has 0 saturated carbocycles. The van der Waals surface area contributed by atoms with Gasteiger partial charge in [-0.25, -0.2) is 0 Å². The lowest BCUT2D eigenvalue weighted by atomic mass is 9.89. The lowest BCUT2D eigenvalue weighted by Gasteiger charge is -2.32. The molecule has 0 aliphatic rings. The van der Waals surface area contributed by atoms with E-state index in [-0.39, 0.29) is 6.61 Å². The minimum absolute atomic E-state index is 0.250. The maximum absolute atomic E-state index is 11.0. The molecule has 0 aliphatic carbocycles. The molecule has 2 atom stereocenters. The lowest BCUT2D eigenvalue weighted by molar-refractivity contribution is -0.102. The topological polar surface area (TPSA) is 55.2 Å². The standard InChI is InChI=1S/C16H16Cl2N2O2/c1-3-8-22-15(12-5-4-11(17)9-13(12)18)16(2,21)14-10-19-6-7-20-14/h3-7,9-10,15,21H,1,8H2,2H3. The first-order valence-corrected chi connectivity index (χ1v) is 7.38. The van der Waals surface area contributed by atoms with Crippen molar-refractivity contribution in [3.63, 3.8) is 0 Å². The van der Waals surface area contributed by atoms with Crippen LogP contribution in [0.5, 0.6) is 0 Å². The van der Waals surface area contributed by atoms with Crippen molar-refractivity contribution in [1.29, 1.82) is 0 Å². The zero-order chi connectivity index (χ0) is 16.2. The molecule has 116 valence electrons. The number of benzene rings is 1. The monoisotopic (exact) mass is 338 g/mol. The Kier molecular flexibility index (Phi) is 5.53. The second-order valence-electron chi connectivity index (χ2n) is 4.91. The SMILES string of the molecule is C=CCOC(c1ccc(Cl)cc1Cl)C(C)(O)c1cnccn1. The van der Waals surface area contributed by atoms with Crippen molar-refractivity contribution in [2.45, 2.75) is 18.6 Å². The van der Waals surface area contributed by atoms with Gasteiger partial charge in [0.2, 0.25) is 0 Å². The van der Waals surface area contributed by atoms with Gasteiger partial charge in [-0.3, -0.25) is 9.97 Å². The lowest BCUT2D eigenvalue weighted by Crippen LogP contribution is -2.33. The van der Waals surface area contributed by atoms with Crippen LogP contribution in [0.3, 0.4) is 0 Å². The fraction of sp³-hybridized carbons (Fsp3) is 0.250. The Labute approximate surface area is 139 Å². The van der Waals surface area contributed by atoms with Gasteiger partial charge in [-0.2, -0.15) is 0 Å². The molecule has 0 spiro atoms. The predicted molar refractivity (Wildman–Crippen MR) is 87.0 cm³/mol. The fourth-order valence-corrected chi connectivity index (χ4v) is 2.64. The zero-order valence-electron chi connectivity index (χ0n) is 12.0. The number of rotatable bonds is 6. The predicted octanol–water partition coefficient (Wildman–Crippen LogP) is 3.93. The maximum Gasteiger partial charge on any atom is 0.135 e. The molecular weight excluding hydrogens is 323 g/mol. The van der Waals surface area contributed by atoms with Crippen molar-refractivity contribution in [3.8, 4) is 0 Å². The molecule has 0 radical (unpaired) electrons. The molecule has 0 aliphatic heterocycles. The van der Waals surface area contributed by atoms with E-state index in [1.54, 1.807) is 31.2 Å². The van der Waals surface area contributed by atoms with Crippen molar-refractivity contribution >= 4 is 23.2 Å². The molecule has 4 nitrogen and oxygen atoms in total. The number of ether oxygens (including phenoxy) is 1. The molecule has 0 amide bonds. The highest BCUT2D eigenvalue weighted by atomic mass is 35.5. The molecule has 1 N–H and O–H groups in total. The summed E-state index contributed by atoms with van der Waals surface area (Å²) < 4.78 is 5.75. The Morgan fingerprint density at radius 3 is 2.77 bits per heavy atom. The summed E-state index contributed by atoms with van der Waals surface area (Å²) in [4.78, 5) is 8.16. The molecule has 2 rings (SSSR count). The van der Waals surface area contributed by atoms with Crippen LogP contribution in [0.4, 0.5) is 0 Å². The number of hydrogen-bond donors (Lipinski definition) is 1. The third-order valence-electron chi connectivity index (χ3n) is 3.22. The van der Waals surface area contributed by atoms with E-state index < -0.39 is 11.7 Å². The Hall–Kier alpha value is -1.46. The minimum atomic E-state index is -1.42. The van der Waals surface area contributed by atoms with E-state index >= 15 is 0 Å². The van der Waals surface area contributed by atoms with E-state index in [4.69, 9.17) is 27.9 Å². The first kappa shape index (κ1) is 16.9. The summed E-state index contributed by atoms with van der Waals surface area (Å²) in [5, 5.41) is 11.9. The third-order valence-corrected chi connectivity index (χ3v) is 3.78. The Balaban J connectivity index is 2.47. The average Bonchev–Trinajstić information content (AvgIpc) is 2.50. The van der Waals surface area contributed by atoms with Crippen LogP contribution in [0.2, 0.25) is 10.0 Å². The summed E-state index contributed by atoms with van der Waals surface area (Å²) in [6, 6.07) is 5.03. The second-order valence-corrected chi connectivity index (χ2v) is 5.75. The van der Waals surface area contributed by atoms with Gasteiger partial charge >= 0.3 is 0 Å². The summed E-state index contributed by atoms with van der Waals surface area (Å²) >= 11 is 12.2.